The molecule has 3 rings (SSSR count). The van der Waals surface area contributed by atoms with E-state index in [0.717, 1.165) is 29.7 Å². The second kappa shape index (κ2) is 9.05. The van der Waals surface area contributed by atoms with Crippen LogP contribution in [0.4, 0.5) is 4.39 Å². The van der Waals surface area contributed by atoms with E-state index in [1.165, 1.54) is 11.6 Å². The molecule has 136 valence electrons. The highest BCUT2D eigenvalue weighted by molar-refractivity contribution is 5.65. The molecule has 0 atom stereocenters. The zero-order valence-corrected chi connectivity index (χ0v) is 15.8. The monoisotopic (exact) mass is 358 g/mol. The SMILES string of the molecule is CCCOc1ccc(C#Cc2ccc(-c3ccc(CC)cc3)c(F)c2)cc1. The third kappa shape index (κ3) is 4.99. The minimum absolute atomic E-state index is 0.255. The van der Waals surface area contributed by atoms with Gasteiger partial charge in [0.25, 0.3) is 0 Å². The molecule has 0 heterocycles. The summed E-state index contributed by atoms with van der Waals surface area (Å²) in [7, 11) is 0. The Morgan fingerprint density at radius 3 is 2.11 bits per heavy atom. The molecule has 0 aromatic heterocycles. The highest BCUT2D eigenvalue weighted by Crippen LogP contribution is 2.24. The van der Waals surface area contributed by atoms with Gasteiger partial charge in [0.1, 0.15) is 11.6 Å². The number of aryl methyl sites for hydroxylation is 1. The Morgan fingerprint density at radius 1 is 0.815 bits per heavy atom. The van der Waals surface area contributed by atoms with E-state index >= 15 is 0 Å². The predicted octanol–water partition coefficient (Wildman–Crippen LogP) is 6.24. The van der Waals surface area contributed by atoms with Gasteiger partial charge in [-0.05, 0) is 60.4 Å². The molecule has 0 amide bonds. The number of hydrogen-bond donors (Lipinski definition) is 0. The average molecular weight is 358 g/mol. The number of hydrogen-bond acceptors (Lipinski definition) is 1. The lowest BCUT2D eigenvalue weighted by Gasteiger charge is -2.05. The lowest BCUT2D eigenvalue weighted by molar-refractivity contribution is 0.317. The van der Waals surface area contributed by atoms with Gasteiger partial charge in [-0.1, -0.05) is 56.0 Å². The predicted molar refractivity (Wildman–Crippen MR) is 109 cm³/mol. The Kier molecular flexibility index (Phi) is 6.28. The smallest absolute Gasteiger partial charge is 0.132 e. The van der Waals surface area contributed by atoms with Crippen LogP contribution < -0.4 is 4.74 Å². The first-order valence-corrected chi connectivity index (χ1v) is 9.33. The van der Waals surface area contributed by atoms with Crippen LogP contribution >= 0.6 is 0 Å². The largest absolute Gasteiger partial charge is 0.494 e. The molecule has 1 nitrogen and oxygen atoms in total. The molecule has 0 N–H and O–H groups in total. The first-order valence-electron chi connectivity index (χ1n) is 9.33. The Morgan fingerprint density at radius 2 is 1.48 bits per heavy atom. The first kappa shape index (κ1) is 18.7. The van der Waals surface area contributed by atoms with Gasteiger partial charge in [-0.2, -0.15) is 0 Å². The zero-order valence-electron chi connectivity index (χ0n) is 15.8. The van der Waals surface area contributed by atoms with Crippen molar-refractivity contribution >= 4 is 0 Å². The number of benzene rings is 3. The van der Waals surface area contributed by atoms with Crippen LogP contribution in [-0.4, -0.2) is 6.61 Å². The van der Waals surface area contributed by atoms with Gasteiger partial charge in [-0.25, -0.2) is 4.39 Å². The lowest BCUT2D eigenvalue weighted by atomic mass is 10.0. The van der Waals surface area contributed by atoms with Crippen LogP contribution in [0.2, 0.25) is 0 Å². The maximum absolute atomic E-state index is 14.5. The average Bonchev–Trinajstić information content (AvgIpc) is 2.72. The standard InChI is InChI=1S/C25H23FO/c1-3-17-27-23-14-9-20(10-15-23)5-6-21-11-16-24(25(26)18-21)22-12-7-19(4-2)8-13-22/h7-16,18H,3-4,17H2,1-2H3. The lowest BCUT2D eigenvalue weighted by Crippen LogP contribution is -1.94. The number of halogens is 1. The summed E-state index contributed by atoms with van der Waals surface area (Å²) in [5, 5.41) is 0. The van der Waals surface area contributed by atoms with E-state index in [1.54, 1.807) is 6.07 Å². The molecule has 3 aromatic rings. The third-order valence-corrected chi connectivity index (χ3v) is 4.32. The van der Waals surface area contributed by atoms with Gasteiger partial charge in [-0.3, -0.25) is 0 Å². The highest BCUT2D eigenvalue weighted by atomic mass is 19.1. The van der Waals surface area contributed by atoms with E-state index in [-0.39, 0.29) is 5.82 Å². The molecule has 27 heavy (non-hydrogen) atoms. The Labute approximate surface area is 160 Å². The molecular formula is C25H23FO. The second-order valence-corrected chi connectivity index (χ2v) is 6.37. The van der Waals surface area contributed by atoms with Crippen molar-refractivity contribution in [1.82, 2.24) is 0 Å². The van der Waals surface area contributed by atoms with Crippen molar-refractivity contribution < 1.29 is 9.13 Å². The molecule has 0 aliphatic heterocycles. The molecule has 0 unspecified atom stereocenters. The van der Waals surface area contributed by atoms with Gasteiger partial charge in [0, 0.05) is 16.7 Å². The van der Waals surface area contributed by atoms with Gasteiger partial charge in [-0.15, -0.1) is 0 Å². The van der Waals surface area contributed by atoms with E-state index < -0.39 is 0 Å². The van der Waals surface area contributed by atoms with E-state index in [0.29, 0.717) is 17.7 Å². The van der Waals surface area contributed by atoms with Crippen molar-refractivity contribution in [3.63, 3.8) is 0 Å². The van der Waals surface area contributed by atoms with Crippen LogP contribution in [0.25, 0.3) is 11.1 Å². The molecule has 0 bridgehead atoms. The summed E-state index contributed by atoms with van der Waals surface area (Å²) in [6.07, 6.45) is 1.95. The maximum atomic E-state index is 14.5. The van der Waals surface area contributed by atoms with Gasteiger partial charge < -0.3 is 4.74 Å². The molecule has 2 heteroatoms. The quantitative estimate of drug-likeness (QED) is 0.490. The van der Waals surface area contributed by atoms with Crippen molar-refractivity contribution in [3.8, 4) is 28.7 Å². The Balaban J connectivity index is 1.75. The minimum atomic E-state index is -0.255. The van der Waals surface area contributed by atoms with E-state index in [9.17, 15) is 4.39 Å². The van der Waals surface area contributed by atoms with E-state index in [1.807, 2.05) is 54.6 Å². The number of ether oxygens (including phenoxy) is 1. The fraction of sp³-hybridized carbons (Fsp3) is 0.200. The van der Waals surface area contributed by atoms with Crippen LogP contribution in [0.1, 0.15) is 37.0 Å². The van der Waals surface area contributed by atoms with Crippen LogP contribution in [0.5, 0.6) is 5.75 Å². The van der Waals surface area contributed by atoms with Crippen molar-refractivity contribution in [2.45, 2.75) is 26.7 Å². The summed E-state index contributed by atoms with van der Waals surface area (Å²) in [6, 6.07) is 20.8. The normalized spacial score (nSPS) is 10.2. The molecule has 0 fully saturated rings. The topological polar surface area (TPSA) is 9.23 Å². The van der Waals surface area contributed by atoms with Crippen molar-refractivity contribution in [2.75, 3.05) is 6.61 Å². The molecule has 0 radical (unpaired) electrons. The summed E-state index contributed by atoms with van der Waals surface area (Å²) < 4.78 is 20.1. The maximum Gasteiger partial charge on any atom is 0.132 e. The van der Waals surface area contributed by atoms with Gasteiger partial charge in [0.15, 0.2) is 0 Å². The summed E-state index contributed by atoms with van der Waals surface area (Å²) in [5.41, 5.74) is 4.26. The Hall–Kier alpha value is -3.05. The van der Waals surface area contributed by atoms with E-state index in [2.05, 4.69) is 25.7 Å². The summed E-state index contributed by atoms with van der Waals surface area (Å²) in [4.78, 5) is 0. The van der Waals surface area contributed by atoms with Crippen LogP contribution in [0.3, 0.4) is 0 Å². The Bertz CT molecular complexity index is 944. The molecule has 0 saturated heterocycles. The first-order chi connectivity index (χ1) is 13.2. The van der Waals surface area contributed by atoms with E-state index in [4.69, 9.17) is 4.74 Å². The van der Waals surface area contributed by atoms with Crippen molar-refractivity contribution in [1.29, 1.82) is 0 Å². The summed E-state index contributed by atoms with van der Waals surface area (Å²) in [5.74, 6) is 6.69. The van der Waals surface area contributed by atoms with Crippen LogP contribution in [0, 0.1) is 17.7 Å². The van der Waals surface area contributed by atoms with Crippen LogP contribution in [-0.2, 0) is 6.42 Å². The summed E-state index contributed by atoms with van der Waals surface area (Å²) >= 11 is 0. The fourth-order valence-electron chi connectivity index (χ4n) is 2.75. The van der Waals surface area contributed by atoms with Crippen molar-refractivity contribution in [2.24, 2.45) is 0 Å². The molecule has 0 aliphatic carbocycles. The molecule has 0 aliphatic rings. The molecule has 3 aromatic carbocycles. The number of rotatable bonds is 5. The zero-order chi connectivity index (χ0) is 19.1. The minimum Gasteiger partial charge on any atom is -0.494 e. The third-order valence-electron chi connectivity index (χ3n) is 4.32. The van der Waals surface area contributed by atoms with Crippen molar-refractivity contribution in [3.05, 3.63) is 89.2 Å². The van der Waals surface area contributed by atoms with Crippen LogP contribution in [0.15, 0.2) is 66.7 Å². The highest BCUT2D eigenvalue weighted by Gasteiger charge is 2.05. The van der Waals surface area contributed by atoms with Gasteiger partial charge >= 0.3 is 0 Å². The summed E-state index contributed by atoms with van der Waals surface area (Å²) in [6.45, 7) is 4.89. The van der Waals surface area contributed by atoms with Gasteiger partial charge in [0.05, 0.1) is 6.61 Å². The van der Waals surface area contributed by atoms with Gasteiger partial charge in [0.2, 0.25) is 0 Å². The fourth-order valence-corrected chi connectivity index (χ4v) is 2.75. The second-order valence-electron chi connectivity index (χ2n) is 6.37. The molecule has 0 saturated carbocycles. The molecular weight excluding hydrogens is 335 g/mol. The molecule has 0 spiro atoms.